The van der Waals surface area contributed by atoms with E-state index in [-0.39, 0.29) is 0 Å². The number of benzene rings is 2. The Morgan fingerprint density at radius 3 is 2.71 bits per heavy atom. The van der Waals surface area contributed by atoms with E-state index in [2.05, 4.69) is 22.5 Å². The maximum absolute atomic E-state index is 6.37. The lowest BCUT2D eigenvalue weighted by molar-refractivity contribution is 0.911. The zero-order valence-corrected chi connectivity index (χ0v) is 13.7. The van der Waals surface area contributed by atoms with Crippen molar-refractivity contribution in [2.24, 2.45) is 0 Å². The average Bonchev–Trinajstić information content (AvgIpc) is 2.81. The van der Waals surface area contributed by atoms with Crippen LogP contribution >= 0.6 is 34.8 Å². The number of rotatable bonds is 3. The van der Waals surface area contributed by atoms with Gasteiger partial charge in [0.25, 0.3) is 0 Å². The highest BCUT2D eigenvalue weighted by atomic mass is 35.5. The molecule has 0 bridgehead atoms. The molecule has 0 aliphatic heterocycles. The van der Waals surface area contributed by atoms with Crippen molar-refractivity contribution < 1.29 is 0 Å². The first kappa shape index (κ1) is 14.7. The van der Waals surface area contributed by atoms with Crippen molar-refractivity contribution in [3.63, 3.8) is 0 Å². The minimum atomic E-state index is 0.501. The number of aromatic nitrogens is 2. The molecule has 0 fully saturated rings. The Labute approximate surface area is 138 Å². The monoisotopic (exact) mass is 338 g/mol. The van der Waals surface area contributed by atoms with E-state index in [1.165, 1.54) is 0 Å². The van der Waals surface area contributed by atoms with E-state index in [1.54, 1.807) is 12.1 Å². The van der Waals surface area contributed by atoms with E-state index < -0.39 is 0 Å². The van der Waals surface area contributed by atoms with E-state index in [1.807, 2.05) is 18.2 Å². The second-order valence-electron chi connectivity index (χ2n) is 4.84. The zero-order chi connectivity index (χ0) is 15.0. The Hall–Kier alpha value is -1.22. The molecule has 1 aromatic heterocycles. The molecule has 0 aliphatic rings. The summed E-state index contributed by atoms with van der Waals surface area (Å²) in [5.74, 6) is 1.39. The summed E-state index contributed by atoms with van der Waals surface area (Å²) in [6, 6.07) is 11.5. The quantitative estimate of drug-likeness (QED) is 0.582. The molecule has 0 saturated carbocycles. The zero-order valence-electron chi connectivity index (χ0n) is 11.4. The van der Waals surface area contributed by atoms with Crippen LogP contribution < -0.4 is 0 Å². The first-order valence-corrected chi connectivity index (χ1v) is 7.89. The summed E-state index contributed by atoms with van der Waals surface area (Å²) in [7, 11) is 0. The van der Waals surface area contributed by atoms with Crippen molar-refractivity contribution in [3.05, 3.63) is 57.8 Å². The van der Waals surface area contributed by atoms with Crippen LogP contribution in [0, 0.1) is 6.92 Å². The molecule has 2 nitrogen and oxygen atoms in total. The standard InChI is InChI=1S/C16H13Cl3N2/c1-10-3-2-4-13-16(10)21(15(20-13)7-8-17)14-9-11(18)5-6-12(14)19/h2-6,9H,7-8H2,1H3. The summed E-state index contributed by atoms with van der Waals surface area (Å²) in [5.41, 5.74) is 3.95. The molecule has 0 atom stereocenters. The highest BCUT2D eigenvalue weighted by molar-refractivity contribution is 6.34. The lowest BCUT2D eigenvalue weighted by Gasteiger charge is -2.12. The smallest absolute Gasteiger partial charge is 0.115 e. The van der Waals surface area contributed by atoms with Crippen LogP contribution in [0.4, 0.5) is 0 Å². The van der Waals surface area contributed by atoms with Gasteiger partial charge in [-0.25, -0.2) is 4.98 Å². The van der Waals surface area contributed by atoms with Crippen molar-refractivity contribution >= 4 is 45.8 Å². The van der Waals surface area contributed by atoms with Crippen LogP contribution in [0.2, 0.25) is 10.0 Å². The molecule has 5 heteroatoms. The Morgan fingerprint density at radius 2 is 1.95 bits per heavy atom. The Kier molecular flexibility index (Phi) is 4.12. The number of fused-ring (bicyclic) bond motifs is 1. The summed E-state index contributed by atoms with van der Waals surface area (Å²) in [4.78, 5) is 4.69. The van der Waals surface area contributed by atoms with Gasteiger partial charge in [-0.1, -0.05) is 35.3 Å². The highest BCUT2D eigenvalue weighted by Crippen LogP contribution is 2.31. The fourth-order valence-corrected chi connectivity index (χ4v) is 3.05. The summed E-state index contributed by atoms with van der Waals surface area (Å²) in [6.45, 7) is 2.06. The van der Waals surface area contributed by atoms with Crippen LogP contribution in [-0.4, -0.2) is 15.4 Å². The van der Waals surface area contributed by atoms with Gasteiger partial charge in [-0.15, -0.1) is 11.6 Å². The molecular formula is C16H13Cl3N2. The maximum atomic E-state index is 6.37. The summed E-state index contributed by atoms with van der Waals surface area (Å²) in [5, 5.41) is 1.28. The van der Waals surface area contributed by atoms with Gasteiger partial charge < -0.3 is 0 Å². The van der Waals surface area contributed by atoms with Gasteiger partial charge in [0.2, 0.25) is 0 Å². The number of alkyl halides is 1. The normalized spacial score (nSPS) is 11.2. The van der Waals surface area contributed by atoms with Crippen molar-refractivity contribution in [2.45, 2.75) is 13.3 Å². The second-order valence-corrected chi connectivity index (χ2v) is 6.06. The third-order valence-electron chi connectivity index (χ3n) is 3.41. The van der Waals surface area contributed by atoms with Gasteiger partial charge in [-0.05, 0) is 36.8 Å². The van der Waals surface area contributed by atoms with Crippen molar-refractivity contribution in [3.8, 4) is 5.69 Å². The SMILES string of the molecule is Cc1cccc2nc(CCCl)n(-c3cc(Cl)ccc3Cl)c12. The topological polar surface area (TPSA) is 17.8 Å². The first-order chi connectivity index (χ1) is 10.1. The molecule has 0 saturated heterocycles. The lowest BCUT2D eigenvalue weighted by atomic mass is 10.2. The molecule has 0 radical (unpaired) electrons. The van der Waals surface area contributed by atoms with Gasteiger partial charge in [0, 0.05) is 17.3 Å². The number of hydrogen-bond donors (Lipinski definition) is 0. The lowest BCUT2D eigenvalue weighted by Crippen LogP contribution is -2.03. The Bertz CT molecular complexity index is 809. The van der Waals surface area contributed by atoms with E-state index in [0.29, 0.717) is 22.3 Å². The first-order valence-electron chi connectivity index (χ1n) is 6.60. The summed E-state index contributed by atoms with van der Waals surface area (Å²) in [6.07, 6.45) is 0.665. The van der Waals surface area contributed by atoms with Gasteiger partial charge >= 0.3 is 0 Å². The molecule has 0 unspecified atom stereocenters. The van der Waals surface area contributed by atoms with E-state index in [4.69, 9.17) is 34.8 Å². The number of imidazole rings is 1. The Balaban J connectivity index is 2.38. The number of hydrogen-bond acceptors (Lipinski definition) is 1. The van der Waals surface area contributed by atoms with Gasteiger partial charge in [-0.3, -0.25) is 4.57 Å². The number of nitrogens with zero attached hydrogens (tertiary/aromatic N) is 2. The second kappa shape index (κ2) is 5.88. The van der Waals surface area contributed by atoms with Crippen molar-refractivity contribution in [2.75, 3.05) is 5.88 Å². The Morgan fingerprint density at radius 1 is 1.14 bits per heavy atom. The predicted molar refractivity (Wildman–Crippen MR) is 90.3 cm³/mol. The van der Waals surface area contributed by atoms with Crippen LogP contribution in [0.5, 0.6) is 0 Å². The largest absolute Gasteiger partial charge is 0.294 e. The minimum Gasteiger partial charge on any atom is -0.294 e. The van der Waals surface area contributed by atoms with E-state index in [0.717, 1.165) is 28.1 Å². The molecule has 21 heavy (non-hydrogen) atoms. The average molecular weight is 340 g/mol. The summed E-state index contributed by atoms with van der Waals surface area (Å²) < 4.78 is 2.06. The van der Waals surface area contributed by atoms with E-state index in [9.17, 15) is 0 Å². The van der Waals surface area contributed by atoms with Crippen LogP contribution in [0.25, 0.3) is 16.7 Å². The molecule has 0 aliphatic carbocycles. The molecule has 108 valence electrons. The molecule has 0 spiro atoms. The molecule has 0 N–H and O–H groups in total. The van der Waals surface area contributed by atoms with Crippen LogP contribution in [-0.2, 0) is 6.42 Å². The van der Waals surface area contributed by atoms with Gasteiger partial charge in [0.05, 0.1) is 21.7 Å². The molecule has 1 heterocycles. The van der Waals surface area contributed by atoms with E-state index >= 15 is 0 Å². The van der Waals surface area contributed by atoms with Gasteiger partial charge in [0.15, 0.2) is 0 Å². The van der Waals surface area contributed by atoms with Gasteiger partial charge in [-0.2, -0.15) is 0 Å². The van der Waals surface area contributed by atoms with Crippen LogP contribution in [0.3, 0.4) is 0 Å². The maximum Gasteiger partial charge on any atom is 0.115 e. The predicted octanol–water partition coefficient (Wildman–Crippen LogP) is 5.42. The third kappa shape index (κ3) is 2.64. The van der Waals surface area contributed by atoms with Crippen molar-refractivity contribution in [1.82, 2.24) is 9.55 Å². The number of halogens is 3. The number of para-hydroxylation sites is 1. The van der Waals surface area contributed by atoms with Crippen LogP contribution in [0.1, 0.15) is 11.4 Å². The van der Waals surface area contributed by atoms with Gasteiger partial charge in [0.1, 0.15) is 5.82 Å². The molecule has 0 amide bonds. The van der Waals surface area contributed by atoms with Crippen molar-refractivity contribution in [1.29, 1.82) is 0 Å². The fourth-order valence-electron chi connectivity index (χ4n) is 2.51. The highest BCUT2D eigenvalue weighted by Gasteiger charge is 2.16. The molecular weight excluding hydrogens is 327 g/mol. The summed E-state index contributed by atoms with van der Waals surface area (Å²) >= 11 is 18.4. The molecule has 3 rings (SSSR count). The molecule has 2 aromatic carbocycles. The fraction of sp³-hybridized carbons (Fsp3) is 0.188. The number of aryl methyl sites for hydroxylation is 2. The minimum absolute atomic E-state index is 0.501. The van der Waals surface area contributed by atoms with Crippen LogP contribution in [0.15, 0.2) is 36.4 Å². The molecule has 3 aromatic rings. The third-order valence-corrected chi connectivity index (χ3v) is 4.16.